The van der Waals surface area contributed by atoms with Gasteiger partial charge in [0.1, 0.15) is 13.2 Å². The molecule has 156 valence electrons. The molecule has 0 saturated heterocycles. The van der Waals surface area contributed by atoms with E-state index in [-0.39, 0.29) is 23.6 Å². The first-order valence-electron chi connectivity index (χ1n) is 9.06. The Balaban J connectivity index is 1.90. The molecule has 0 heterocycles. The van der Waals surface area contributed by atoms with Gasteiger partial charge in [-0.15, -0.1) is 0 Å². The van der Waals surface area contributed by atoms with E-state index < -0.39 is 21.9 Å². The fourth-order valence-corrected chi connectivity index (χ4v) is 4.49. The summed E-state index contributed by atoms with van der Waals surface area (Å²) in [4.78, 5) is 24.1. The van der Waals surface area contributed by atoms with E-state index >= 15 is 0 Å². The number of amides is 1. The van der Waals surface area contributed by atoms with Crippen LogP contribution in [0.5, 0.6) is 0 Å². The van der Waals surface area contributed by atoms with E-state index in [0.717, 1.165) is 10.0 Å². The van der Waals surface area contributed by atoms with Crippen molar-refractivity contribution in [2.75, 3.05) is 19.6 Å². The topological polar surface area (TPSA) is 92.8 Å². The van der Waals surface area contributed by atoms with Gasteiger partial charge in [-0.05, 0) is 42.0 Å². The van der Waals surface area contributed by atoms with E-state index in [2.05, 4.69) is 21.2 Å². The van der Waals surface area contributed by atoms with E-state index in [4.69, 9.17) is 4.74 Å². The summed E-state index contributed by atoms with van der Waals surface area (Å²) < 4.78 is 32.3. The first-order valence-corrected chi connectivity index (χ1v) is 11.3. The predicted molar refractivity (Wildman–Crippen MR) is 113 cm³/mol. The molecule has 2 rings (SSSR count). The molecule has 0 aliphatic carbocycles. The van der Waals surface area contributed by atoms with Crippen molar-refractivity contribution in [1.29, 1.82) is 0 Å². The number of esters is 1. The van der Waals surface area contributed by atoms with Crippen LogP contribution in [-0.4, -0.2) is 44.2 Å². The highest BCUT2D eigenvalue weighted by Crippen LogP contribution is 2.16. The Hall–Kier alpha value is -2.23. The molecule has 0 atom stereocenters. The molecule has 29 heavy (non-hydrogen) atoms. The van der Waals surface area contributed by atoms with Crippen LogP contribution in [-0.2, 0) is 26.2 Å². The second kappa shape index (κ2) is 10.5. The molecule has 2 aromatic carbocycles. The normalized spacial score (nSPS) is 11.3. The Morgan fingerprint density at radius 3 is 2.31 bits per heavy atom. The van der Waals surface area contributed by atoms with Crippen molar-refractivity contribution < 1.29 is 22.7 Å². The second-order valence-corrected chi connectivity index (χ2v) is 8.94. The molecule has 2 aromatic rings. The third kappa shape index (κ3) is 6.38. The SMILES string of the molecule is CCN(CC)S(=O)(=O)c1ccc(C(=O)NCC(=O)OCc2cccc(Br)c2)cc1. The van der Waals surface area contributed by atoms with Crippen molar-refractivity contribution in [3.63, 3.8) is 0 Å². The van der Waals surface area contributed by atoms with Crippen molar-refractivity contribution in [2.45, 2.75) is 25.3 Å². The predicted octanol–water partition coefficient (Wildman–Crippen LogP) is 2.95. The molecule has 0 spiro atoms. The lowest BCUT2D eigenvalue weighted by Crippen LogP contribution is -2.31. The Morgan fingerprint density at radius 1 is 1.07 bits per heavy atom. The summed E-state index contributed by atoms with van der Waals surface area (Å²) >= 11 is 3.34. The molecule has 7 nitrogen and oxygen atoms in total. The fourth-order valence-electron chi connectivity index (χ4n) is 2.59. The first-order chi connectivity index (χ1) is 13.8. The first kappa shape index (κ1) is 23.1. The van der Waals surface area contributed by atoms with Crippen molar-refractivity contribution in [3.05, 3.63) is 64.1 Å². The summed E-state index contributed by atoms with van der Waals surface area (Å²) in [5.74, 6) is -1.06. The molecule has 0 aliphatic heterocycles. The number of nitrogens with zero attached hydrogens (tertiary/aromatic N) is 1. The van der Waals surface area contributed by atoms with Gasteiger partial charge in [-0.1, -0.05) is 41.9 Å². The monoisotopic (exact) mass is 482 g/mol. The van der Waals surface area contributed by atoms with Crippen molar-refractivity contribution >= 4 is 37.8 Å². The lowest BCUT2D eigenvalue weighted by Gasteiger charge is -2.18. The summed E-state index contributed by atoms with van der Waals surface area (Å²) in [6, 6.07) is 13.0. The van der Waals surface area contributed by atoms with Gasteiger partial charge in [-0.2, -0.15) is 4.31 Å². The van der Waals surface area contributed by atoms with Gasteiger partial charge in [-0.25, -0.2) is 8.42 Å². The largest absolute Gasteiger partial charge is 0.460 e. The minimum Gasteiger partial charge on any atom is -0.460 e. The second-order valence-electron chi connectivity index (χ2n) is 6.09. The number of benzene rings is 2. The number of carbonyl (C=O) groups is 2. The zero-order chi connectivity index (χ0) is 21.4. The molecule has 1 amide bonds. The molecule has 0 bridgehead atoms. The van der Waals surface area contributed by atoms with Crippen LogP contribution in [0.1, 0.15) is 29.8 Å². The molecule has 0 aliphatic rings. The van der Waals surface area contributed by atoms with E-state index in [1.54, 1.807) is 13.8 Å². The maximum atomic E-state index is 12.5. The van der Waals surface area contributed by atoms with Gasteiger partial charge in [0.2, 0.25) is 10.0 Å². The summed E-state index contributed by atoms with van der Waals surface area (Å²) in [5, 5.41) is 2.47. The number of hydrogen-bond donors (Lipinski definition) is 1. The fraction of sp³-hybridized carbons (Fsp3) is 0.300. The van der Waals surface area contributed by atoms with Gasteiger partial charge in [0.25, 0.3) is 5.91 Å². The molecular formula is C20H23BrN2O5S. The molecule has 0 radical (unpaired) electrons. The summed E-state index contributed by atoms with van der Waals surface area (Å²) in [5.41, 5.74) is 1.08. The van der Waals surface area contributed by atoms with Crippen molar-refractivity contribution in [2.24, 2.45) is 0 Å². The maximum absolute atomic E-state index is 12.5. The number of carbonyl (C=O) groups excluding carboxylic acids is 2. The lowest BCUT2D eigenvalue weighted by molar-refractivity contribution is -0.143. The van der Waals surface area contributed by atoms with Crippen molar-refractivity contribution in [1.82, 2.24) is 9.62 Å². The highest BCUT2D eigenvalue weighted by molar-refractivity contribution is 9.10. The Kier molecular flexibility index (Phi) is 8.36. The zero-order valence-corrected chi connectivity index (χ0v) is 18.6. The number of rotatable bonds is 9. The molecule has 0 saturated carbocycles. The van der Waals surface area contributed by atoms with Gasteiger partial charge >= 0.3 is 5.97 Å². The molecule has 0 unspecified atom stereocenters. The van der Waals surface area contributed by atoms with Crippen LogP contribution < -0.4 is 5.32 Å². The van der Waals surface area contributed by atoms with Crippen LogP contribution in [0.2, 0.25) is 0 Å². The average Bonchev–Trinajstić information content (AvgIpc) is 2.71. The van der Waals surface area contributed by atoms with Crippen LogP contribution in [0.15, 0.2) is 57.9 Å². The molecule has 1 N–H and O–H groups in total. The molecule has 0 fully saturated rings. The van der Waals surface area contributed by atoms with Crippen LogP contribution >= 0.6 is 15.9 Å². The summed E-state index contributed by atoms with van der Waals surface area (Å²) in [6.45, 7) is 4.07. The molecule has 0 aromatic heterocycles. The van der Waals surface area contributed by atoms with Gasteiger partial charge in [-0.3, -0.25) is 9.59 Å². The molecule has 9 heteroatoms. The van der Waals surface area contributed by atoms with Gasteiger partial charge in [0.15, 0.2) is 0 Å². The lowest BCUT2D eigenvalue weighted by atomic mass is 10.2. The van der Waals surface area contributed by atoms with E-state index in [9.17, 15) is 18.0 Å². The van der Waals surface area contributed by atoms with Crippen LogP contribution in [0.4, 0.5) is 0 Å². The molecular weight excluding hydrogens is 460 g/mol. The number of ether oxygens (including phenoxy) is 1. The van der Waals surface area contributed by atoms with E-state index in [1.807, 2.05) is 24.3 Å². The minimum absolute atomic E-state index is 0.103. The maximum Gasteiger partial charge on any atom is 0.325 e. The van der Waals surface area contributed by atoms with Crippen LogP contribution in [0.3, 0.4) is 0 Å². The van der Waals surface area contributed by atoms with Gasteiger partial charge in [0.05, 0.1) is 4.90 Å². The number of sulfonamides is 1. The van der Waals surface area contributed by atoms with E-state index in [1.165, 1.54) is 28.6 Å². The van der Waals surface area contributed by atoms with E-state index in [0.29, 0.717) is 13.1 Å². The number of hydrogen-bond acceptors (Lipinski definition) is 5. The Morgan fingerprint density at radius 2 is 1.72 bits per heavy atom. The van der Waals surface area contributed by atoms with Crippen LogP contribution in [0, 0.1) is 0 Å². The van der Waals surface area contributed by atoms with Gasteiger partial charge < -0.3 is 10.1 Å². The minimum atomic E-state index is -3.58. The quantitative estimate of drug-likeness (QED) is 0.554. The third-order valence-electron chi connectivity index (χ3n) is 4.14. The standard InChI is InChI=1S/C20H23BrN2O5S/c1-3-23(4-2)29(26,27)18-10-8-16(9-11-18)20(25)22-13-19(24)28-14-15-6-5-7-17(21)12-15/h5-12H,3-4,13-14H2,1-2H3,(H,22,25). The highest BCUT2D eigenvalue weighted by atomic mass is 79.9. The average molecular weight is 483 g/mol. The smallest absolute Gasteiger partial charge is 0.325 e. The van der Waals surface area contributed by atoms with Crippen LogP contribution in [0.25, 0.3) is 0 Å². The Labute approximate surface area is 179 Å². The Bertz CT molecular complexity index is 957. The summed E-state index contributed by atoms with van der Waals surface area (Å²) in [6.07, 6.45) is 0. The summed E-state index contributed by atoms with van der Waals surface area (Å²) in [7, 11) is -3.58. The van der Waals surface area contributed by atoms with Gasteiger partial charge in [0, 0.05) is 23.1 Å². The highest BCUT2D eigenvalue weighted by Gasteiger charge is 2.21. The van der Waals surface area contributed by atoms with Crippen molar-refractivity contribution in [3.8, 4) is 0 Å². The zero-order valence-electron chi connectivity index (χ0n) is 16.2. The number of nitrogens with one attached hydrogen (secondary N) is 1. The number of halogens is 1. The third-order valence-corrected chi connectivity index (χ3v) is 6.70.